The van der Waals surface area contributed by atoms with Gasteiger partial charge in [-0.2, -0.15) is 0 Å². The van der Waals surface area contributed by atoms with Crippen molar-refractivity contribution in [1.82, 2.24) is 0 Å². The maximum Gasteiger partial charge on any atom is 0.0242 e. The lowest BCUT2D eigenvalue weighted by Gasteiger charge is -2.26. The first kappa shape index (κ1) is 13.0. The molecule has 0 heteroatoms. The van der Waals surface area contributed by atoms with Crippen LogP contribution < -0.4 is 0 Å². The minimum absolute atomic E-state index is 0.0692. The molecule has 0 unspecified atom stereocenters. The molecule has 0 bridgehead atoms. The van der Waals surface area contributed by atoms with Crippen molar-refractivity contribution in [2.45, 2.75) is 19.3 Å². The lowest BCUT2D eigenvalue weighted by molar-refractivity contribution is 0.641. The van der Waals surface area contributed by atoms with Gasteiger partial charge in [0, 0.05) is 16.5 Å². The zero-order valence-corrected chi connectivity index (χ0v) is 11.3. The van der Waals surface area contributed by atoms with Crippen LogP contribution in [0.1, 0.15) is 36.1 Å². The molecule has 0 aliphatic rings. The Morgan fingerprint density at radius 2 is 1.00 bits per heavy atom. The van der Waals surface area contributed by atoms with Gasteiger partial charge in [-0.05, 0) is 35.4 Å². The molecule has 0 heterocycles. The van der Waals surface area contributed by atoms with Crippen molar-refractivity contribution in [2.75, 3.05) is 0 Å². The van der Waals surface area contributed by atoms with Crippen LogP contribution >= 0.6 is 0 Å². The Kier molecular flexibility index (Phi) is 3.46. The fraction of sp³-hybridized carbons (Fsp3) is 0.158. The van der Waals surface area contributed by atoms with Crippen LogP contribution in [0.15, 0.2) is 48.5 Å². The van der Waals surface area contributed by atoms with Crippen LogP contribution in [0, 0.1) is 24.7 Å². The normalized spacial score (nSPS) is 10.5. The van der Waals surface area contributed by atoms with Crippen molar-refractivity contribution in [3.05, 3.63) is 70.8 Å². The molecule has 0 aliphatic carbocycles. The van der Waals surface area contributed by atoms with E-state index in [0.717, 1.165) is 11.1 Å². The molecular formula is C19H16. The average molecular weight is 244 g/mol. The maximum absolute atomic E-state index is 5.38. The highest BCUT2D eigenvalue weighted by Crippen LogP contribution is 2.31. The van der Waals surface area contributed by atoms with E-state index in [4.69, 9.17) is 12.8 Å². The molecule has 0 spiro atoms. The molecule has 0 nitrogen and oxygen atoms in total. The number of hydrogen-bond donors (Lipinski definition) is 0. The summed E-state index contributed by atoms with van der Waals surface area (Å²) >= 11 is 0. The third kappa shape index (κ3) is 2.54. The third-order valence-corrected chi connectivity index (χ3v) is 3.55. The van der Waals surface area contributed by atoms with Gasteiger partial charge in [-0.15, -0.1) is 12.8 Å². The van der Waals surface area contributed by atoms with E-state index in [1.165, 1.54) is 11.1 Å². The van der Waals surface area contributed by atoms with E-state index in [2.05, 4.69) is 50.0 Å². The largest absolute Gasteiger partial charge is 0.115 e. The van der Waals surface area contributed by atoms with E-state index in [-0.39, 0.29) is 5.41 Å². The van der Waals surface area contributed by atoms with Gasteiger partial charge in [0.15, 0.2) is 0 Å². The van der Waals surface area contributed by atoms with Crippen LogP contribution in [0.5, 0.6) is 0 Å². The van der Waals surface area contributed by atoms with Crippen LogP contribution in [0.2, 0.25) is 0 Å². The second-order valence-electron chi connectivity index (χ2n) is 5.07. The smallest absolute Gasteiger partial charge is 0.0242 e. The summed E-state index contributed by atoms with van der Waals surface area (Å²) in [6.45, 7) is 4.39. The SMILES string of the molecule is C#Cc1ccc(C(C)(C)c2ccc(C#C)cc2)cc1. The fourth-order valence-electron chi connectivity index (χ4n) is 2.13. The van der Waals surface area contributed by atoms with Gasteiger partial charge in [-0.25, -0.2) is 0 Å². The topological polar surface area (TPSA) is 0 Å². The Morgan fingerprint density at radius 1 is 0.684 bits per heavy atom. The predicted octanol–water partition coefficient (Wildman–Crippen LogP) is 3.98. The molecule has 2 aromatic carbocycles. The van der Waals surface area contributed by atoms with Gasteiger partial charge in [0.2, 0.25) is 0 Å². The van der Waals surface area contributed by atoms with Gasteiger partial charge in [0.05, 0.1) is 0 Å². The third-order valence-electron chi connectivity index (χ3n) is 3.55. The Balaban J connectivity index is 2.40. The molecule has 0 amide bonds. The van der Waals surface area contributed by atoms with Gasteiger partial charge in [-0.3, -0.25) is 0 Å². The summed E-state index contributed by atoms with van der Waals surface area (Å²) in [5.41, 5.74) is 4.21. The Labute approximate surface area is 115 Å². The maximum atomic E-state index is 5.38. The highest BCUT2D eigenvalue weighted by Gasteiger charge is 2.22. The minimum Gasteiger partial charge on any atom is -0.115 e. The molecule has 2 aromatic rings. The van der Waals surface area contributed by atoms with E-state index in [9.17, 15) is 0 Å². The molecule has 92 valence electrons. The molecule has 0 saturated heterocycles. The Bertz CT molecular complexity index is 582. The van der Waals surface area contributed by atoms with E-state index < -0.39 is 0 Å². The van der Waals surface area contributed by atoms with Crippen molar-refractivity contribution in [3.8, 4) is 24.7 Å². The first-order valence-corrected chi connectivity index (χ1v) is 6.22. The highest BCUT2D eigenvalue weighted by molar-refractivity contribution is 5.44. The molecular weight excluding hydrogens is 228 g/mol. The van der Waals surface area contributed by atoms with E-state index in [1.807, 2.05) is 24.3 Å². The van der Waals surface area contributed by atoms with Crippen LogP contribution in [0.3, 0.4) is 0 Å². The molecule has 0 saturated carbocycles. The summed E-state index contributed by atoms with van der Waals surface area (Å²) in [6, 6.07) is 16.3. The lowest BCUT2D eigenvalue weighted by Crippen LogP contribution is -2.18. The van der Waals surface area contributed by atoms with Crippen molar-refractivity contribution in [3.63, 3.8) is 0 Å². The molecule has 2 rings (SSSR count). The number of rotatable bonds is 2. The van der Waals surface area contributed by atoms with Gasteiger partial charge in [0.25, 0.3) is 0 Å². The van der Waals surface area contributed by atoms with Crippen molar-refractivity contribution in [2.24, 2.45) is 0 Å². The molecule has 0 fully saturated rings. The van der Waals surface area contributed by atoms with Crippen molar-refractivity contribution < 1.29 is 0 Å². The van der Waals surface area contributed by atoms with Gasteiger partial charge < -0.3 is 0 Å². The monoisotopic (exact) mass is 244 g/mol. The lowest BCUT2D eigenvalue weighted by atomic mass is 9.78. The predicted molar refractivity (Wildman–Crippen MR) is 80.9 cm³/mol. The quantitative estimate of drug-likeness (QED) is 0.701. The van der Waals surface area contributed by atoms with Gasteiger partial charge >= 0.3 is 0 Å². The van der Waals surface area contributed by atoms with Gasteiger partial charge in [0.1, 0.15) is 0 Å². The summed E-state index contributed by atoms with van der Waals surface area (Å²) in [6.07, 6.45) is 10.8. The van der Waals surface area contributed by atoms with E-state index in [0.29, 0.717) is 0 Å². The van der Waals surface area contributed by atoms with E-state index in [1.54, 1.807) is 0 Å². The van der Waals surface area contributed by atoms with Gasteiger partial charge in [-0.1, -0.05) is 50.0 Å². The molecule has 0 aromatic heterocycles. The van der Waals surface area contributed by atoms with Crippen molar-refractivity contribution in [1.29, 1.82) is 0 Å². The second-order valence-corrected chi connectivity index (χ2v) is 5.07. The molecule has 0 atom stereocenters. The summed E-state index contributed by atoms with van der Waals surface area (Å²) in [7, 11) is 0. The molecule has 0 radical (unpaired) electrons. The summed E-state index contributed by atoms with van der Waals surface area (Å²) in [5, 5.41) is 0. The summed E-state index contributed by atoms with van der Waals surface area (Å²) in [4.78, 5) is 0. The van der Waals surface area contributed by atoms with Crippen LogP contribution in [-0.4, -0.2) is 0 Å². The van der Waals surface area contributed by atoms with Crippen LogP contribution in [0.4, 0.5) is 0 Å². The Morgan fingerprint density at radius 3 is 1.26 bits per heavy atom. The second kappa shape index (κ2) is 5.05. The number of benzene rings is 2. The first-order valence-electron chi connectivity index (χ1n) is 6.22. The number of terminal acetylenes is 2. The standard InChI is InChI=1S/C19H16/c1-5-15-7-11-17(12-8-15)19(3,4)18-13-9-16(6-2)10-14-18/h1-2,7-14H,3-4H3. The summed E-state index contributed by atoms with van der Waals surface area (Å²) in [5.74, 6) is 5.28. The molecule has 19 heavy (non-hydrogen) atoms. The highest BCUT2D eigenvalue weighted by atomic mass is 14.3. The molecule has 0 aliphatic heterocycles. The zero-order chi connectivity index (χ0) is 13.9. The number of hydrogen-bond acceptors (Lipinski definition) is 0. The van der Waals surface area contributed by atoms with E-state index >= 15 is 0 Å². The van der Waals surface area contributed by atoms with Crippen LogP contribution in [0.25, 0.3) is 0 Å². The molecule has 0 N–H and O–H groups in total. The minimum atomic E-state index is -0.0692. The fourth-order valence-corrected chi connectivity index (χ4v) is 2.13. The average Bonchev–Trinajstić information content (AvgIpc) is 2.47. The first-order chi connectivity index (χ1) is 9.07. The Hall–Kier alpha value is -2.44. The van der Waals surface area contributed by atoms with Crippen LogP contribution in [-0.2, 0) is 5.41 Å². The van der Waals surface area contributed by atoms with Crippen molar-refractivity contribution >= 4 is 0 Å². The summed E-state index contributed by atoms with van der Waals surface area (Å²) < 4.78 is 0. The zero-order valence-electron chi connectivity index (χ0n) is 11.3.